The van der Waals surface area contributed by atoms with Crippen molar-refractivity contribution in [2.75, 3.05) is 6.54 Å². The van der Waals surface area contributed by atoms with Gasteiger partial charge in [0, 0.05) is 6.04 Å². The summed E-state index contributed by atoms with van der Waals surface area (Å²) in [6.45, 7) is 7.26. The van der Waals surface area contributed by atoms with Crippen molar-refractivity contribution in [1.82, 2.24) is 10.6 Å². The van der Waals surface area contributed by atoms with Crippen LogP contribution in [0.25, 0.3) is 0 Å². The Morgan fingerprint density at radius 3 is 2.63 bits per heavy atom. The van der Waals surface area contributed by atoms with Crippen molar-refractivity contribution in [3.63, 3.8) is 0 Å². The highest BCUT2D eigenvalue weighted by Crippen LogP contribution is 2.11. The molecule has 1 heterocycles. The number of carbonyl (C=O) groups excluding carboxylic acids is 1. The van der Waals surface area contributed by atoms with Crippen molar-refractivity contribution >= 4 is 5.91 Å². The van der Waals surface area contributed by atoms with E-state index in [2.05, 4.69) is 49.6 Å². The number of benzene rings is 1. The van der Waals surface area contributed by atoms with Crippen molar-refractivity contribution in [3.05, 3.63) is 34.9 Å². The molecule has 2 atom stereocenters. The van der Waals surface area contributed by atoms with Gasteiger partial charge in [0.25, 0.3) is 0 Å². The fourth-order valence-electron chi connectivity index (χ4n) is 2.84. The Kier molecular flexibility index (Phi) is 4.59. The number of hydrogen-bond acceptors (Lipinski definition) is 2. The number of hydrogen-bond donors (Lipinski definition) is 2. The lowest BCUT2D eigenvalue weighted by Crippen LogP contribution is -2.44. The molecule has 0 spiro atoms. The predicted molar refractivity (Wildman–Crippen MR) is 78.2 cm³/mol. The molecule has 1 amide bonds. The second-order valence-corrected chi connectivity index (χ2v) is 5.76. The minimum atomic E-state index is 0.0155. The molecule has 1 fully saturated rings. The van der Waals surface area contributed by atoms with Crippen molar-refractivity contribution in [1.29, 1.82) is 0 Å². The second-order valence-electron chi connectivity index (χ2n) is 5.76. The van der Waals surface area contributed by atoms with Crippen molar-refractivity contribution < 1.29 is 4.79 Å². The number of carbonyl (C=O) groups is 1. The summed E-state index contributed by atoms with van der Waals surface area (Å²) in [5, 5.41) is 6.34. The zero-order valence-corrected chi connectivity index (χ0v) is 12.1. The van der Waals surface area contributed by atoms with E-state index in [1.165, 1.54) is 16.7 Å². The van der Waals surface area contributed by atoms with Crippen LogP contribution in [0.5, 0.6) is 0 Å². The van der Waals surface area contributed by atoms with Gasteiger partial charge in [0.05, 0.1) is 6.04 Å². The quantitative estimate of drug-likeness (QED) is 0.870. The molecule has 1 aromatic rings. The largest absolute Gasteiger partial charge is 0.352 e. The van der Waals surface area contributed by atoms with E-state index in [0.717, 1.165) is 25.8 Å². The van der Waals surface area contributed by atoms with E-state index >= 15 is 0 Å². The van der Waals surface area contributed by atoms with E-state index in [0.29, 0.717) is 0 Å². The van der Waals surface area contributed by atoms with Crippen molar-refractivity contribution in [2.24, 2.45) is 0 Å². The monoisotopic (exact) mass is 260 g/mol. The molecule has 104 valence electrons. The molecule has 1 aromatic carbocycles. The third-order valence-electron chi connectivity index (χ3n) is 3.59. The summed E-state index contributed by atoms with van der Waals surface area (Å²) in [6, 6.07) is 6.76. The van der Waals surface area contributed by atoms with Crippen LogP contribution >= 0.6 is 0 Å². The summed E-state index contributed by atoms with van der Waals surface area (Å²) in [6.07, 6.45) is 2.95. The smallest absolute Gasteiger partial charge is 0.237 e. The lowest BCUT2D eigenvalue weighted by molar-refractivity contribution is -0.123. The van der Waals surface area contributed by atoms with Crippen LogP contribution in [0.3, 0.4) is 0 Å². The number of amides is 1. The summed E-state index contributed by atoms with van der Waals surface area (Å²) < 4.78 is 0. The van der Waals surface area contributed by atoms with E-state index in [1.807, 2.05) is 0 Å². The maximum absolute atomic E-state index is 12.0. The molecule has 3 nitrogen and oxygen atoms in total. The Hall–Kier alpha value is -1.35. The first-order valence-corrected chi connectivity index (χ1v) is 7.15. The van der Waals surface area contributed by atoms with Gasteiger partial charge in [-0.25, -0.2) is 0 Å². The summed E-state index contributed by atoms with van der Waals surface area (Å²) in [5.74, 6) is 0.148. The lowest BCUT2D eigenvalue weighted by Gasteiger charge is -2.18. The van der Waals surface area contributed by atoms with E-state index in [4.69, 9.17) is 0 Å². The zero-order chi connectivity index (χ0) is 13.8. The van der Waals surface area contributed by atoms with E-state index in [1.54, 1.807) is 0 Å². The van der Waals surface area contributed by atoms with Crippen molar-refractivity contribution in [3.8, 4) is 0 Å². The highest BCUT2D eigenvalue weighted by molar-refractivity contribution is 5.82. The normalized spacial score (nSPS) is 20.3. The van der Waals surface area contributed by atoms with Gasteiger partial charge >= 0.3 is 0 Å². The number of nitrogens with one attached hydrogen (secondary N) is 2. The minimum absolute atomic E-state index is 0.0155. The first kappa shape index (κ1) is 14.1. The van der Waals surface area contributed by atoms with Gasteiger partial charge in [-0.1, -0.05) is 29.3 Å². The molecule has 1 saturated heterocycles. The standard InChI is InChI=1S/C16H24N2O/c1-11-7-12(2)9-14(8-11)10-13(3)18-16(19)15-5-4-6-17-15/h7-9,13,15,17H,4-6,10H2,1-3H3,(H,18,19). The van der Waals surface area contributed by atoms with Gasteiger partial charge in [0.1, 0.15) is 0 Å². The van der Waals surface area contributed by atoms with Crippen LogP contribution in [0.1, 0.15) is 36.5 Å². The van der Waals surface area contributed by atoms with Crippen LogP contribution in [-0.4, -0.2) is 24.5 Å². The molecule has 1 aliphatic heterocycles. The van der Waals surface area contributed by atoms with Gasteiger partial charge in [0.2, 0.25) is 5.91 Å². The molecule has 0 saturated carbocycles. The van der Waals surface area contributed by atoms with Crippen molar-refractivity contribution in [2.45, 2.75) is 52.1 Å². The molecule has 3 heteroatoms. The van der Waals surface area contributed by atoms with E-state index < -0.39 is 0 Å². The Labute approximate surface area is 115 Å². The predicted octanol–water partition coefficient (Wildman–Crippen LogP) is 2.10. The fourth-order valence-corrected chi connectivity index (χ4v) is 2.84. The van der Waals surface area contributed by atoms with Gasteiger partial charge in [-0.05, 0) is 52.1 Å². The first-order valence-electron chi connectivity index (χ1n) is 7.15. The third kappa shape index (κ3) is 4.06. The highest BCUT2D eigenvalue weighted by atomic mass is 16.2. The van der Waals surface area contributed by atoms with Crippen LogP contribution in [-0.2, 0) is 11.2 Å². The minimum Gasteiger partial charge on any atom is -0.352 e. The molecule has 2 N–H and O–H groups in total. The van der Waals surface area contributed by atoms with Crippen LogP contribution in [0.15, 0.2) is 18.2 Å². The molecule has 1 aliphatic rings. The van der Waals surface area contributed by atoms with Gasteiger partial charge in [-0.3, -0.25) is 4.79 Å². The fraction of sp³-hybridized carbons (Fsp3) is 0.562. The van der Waals surface area contributed by atoms with Crippen LogP contribution in [0.4, 0.5) is 0 Å². The third-order valence-corrected chi connectivity index (χ3v) is 3.59. The summed E-state index contributed by atoms with van der Waals surface area (Å²) in [5.41, 5.74) is 3.86. The number of aryl methyl sites for hydroxylation is 2. The topological polar surface area (TPSA) is 41.1 Å². The maximum atomic E-state index is 12.0. The molecule has 19 heavy (non-hydrogen) atoms. The van der Waals surface area contributed by atoms with Crippen LogP contribution in [0.2, 0.25) is 0 Å². The average molecular weight is 260 g/mol. The lowest BCUT2D eigenvalue weighted by atomic mass is 10.0. The Morgan fingerprint density at radius 2 is 2.05 bits per heavy atom. The zero-order valence-electron chi connectivity index (χ0n) is 12.1. The second kappa shape index (κ2) is 6.20. The van der Waals surface area contributed by atoms with Gasteiger partial charge < -0.3 is 10.6 Å². The molecule has 2 rings (SSSR count). The maximum Gasteiger partial charge on any atom is 0.237 e. The Balaban J connectivity index is 1.89. The average Bonchev–Trinajstić information content (AvgIpc) is 2.80. The van der Waals surface area contributed by atoms with Gasteiger partial charge in [0.15, 0.2) is 0 Å². The molecule has 0 aromatic heterocycles. The molecule has 0 radical (unpaired) electrons. The Bertz CT molecular complexity index is 430. The van der Waals surface area contributed by atoms with Crippen LogP contribution in [0, 0.1) is 13.8 Å². The van der Waals surface area contributed by atoms with Gasteiger partial charge in [-0.15, -0.1) is 0 Å². The summed E-state index contributed by atoms with van der Waals surface area (Å²) in [4.78, 5) is 12.0. The molecular weight excluding hydrogens is 236 g/mol. The summed E-state index contributed by atoms with van der Waals surface area (Å²) >= 11 is 0. The molecule has 0 bridgehead atoms. The SMILES string of the molecule is Cc1cc(C)cc(CC(C)NC(=O)C2CCCN2)c1. The van der Waals surface area contributed by atoms with E-state index in [9.17, 15) is 4.79 Å². The Morgan fingerprint density at radius 1 is 1.37 bits per heavy atom. The molecule has 0 aliphatic carbocycles. The number of rotatable bonds is 4. The van der Waals surface area contributed by atoms with E-state index in [-0.39, 0.29) is 18.0 Å². The first-order chi connectivity index (χ1) is 9.04. The summed E-state index contributed by atoms with van der Waals surface area (Å²) in [7, 11) is 0. The molecule has 2 unspecified atom stereocenters. The highest BCUT2D eigenvalue weighted by Gasteiger charge is 2.22. The van der Waals surface area contributed by atoms with Gasteiger partial charge in [-0.2, -0.15) is 0 Å². The molecular formula is C16H24N2O. The van der Waals surface area contributed by atoms with Crippen LogP contribution < -0.4 is 10.6 Å².